The molecule has 3 rings (SSSR count). The molecule has 0 bridgehead atoms. The maximum absolute atomic E-state index is 5.68. The molecule has 1 saturated heterocycles. The highest BCUT2D eigenvalue weighted by Gasteiger charge is 2.24. The van der Waals surface area contributed by atoms with Crippen LogP contribution in [0.25, 0.3) is 0 Å². The van der Waals surface area contributed by atoms with Crippen LogP contribution in [0.15, 0.2) is 4.52 Å². The molecule has 1 atom stereocenters. The first-order valence-electron chi connectivity index (χ1n) is 7.17. The molecule has 1 unspecified atom stereocenters. The van der Waals surface area contributed by atoms with Crippen LogP contribution in [-0.4, -0.2) is 47.8 Å². The molecule has 1 aliphatic heterocycles. The molecule has 0 radical (unpaired) electrons. The first-order chi connectivity index (χ1) is 9.31. The van der Waals surface area contributed by atoms with E-state index in [9.17, 15) is 0 Å². The second kappa shape index (κ2) is 5.98. The molecule has 19 heavy (non-hydrogen) atoms. The van der Waals surface area contributed by atoms with E-state index >= 15 is 0 Å². The first-order valence-corrected chi connectivity index (χ1v) is 7.17. The molecule has 0 spiro atoms. The number of hydrogen-bond donors (Lipinski definition) is 1. The van der Waals surface area contributed by atoms with Crippen LogP contribution in [0, 0.1) is 0 Å². The Hall–Kier alpha value is -0.980. The van der Waals surface area contributed by atoms with E-state index in [1.807, 2.05) is 0 Å². The van der Waals surface area contributed by atoms with Crippen LogP contribution in [0.5, 0.6) is 0 Å². The smallest absolute Gasteiger partial charge is 0.240 e. The third-order valence-corrected chi connectivity index (χ3v) is 3.94. The molecule has 2 fully saturated rings. The molecule has 1 N–H and O–H groups in total. The third kappa shape index (κ3) is 3.32. The van der Waals surface area contributed by atoms with Gasteiger partial charge in [0.25, 0.3) is 0 Å². The quantitative estimate of drug-likeness (QED) is 0.880. The summed E-state index contributed by atoms with van der Waals surface area (Å²) < 4.78 is 11.0. The van der Waals surface area contributed by atoms with Gasteiger partial charge >= 0.3 is 0 Å². The molecular formula is C13H22N4O2. The van der Waals surface area contributed by atoms with Gasteiger partial charge in [0.1, 0.15) is 6.10 Å². The van der Waals surface area contributed by atoms with E-state index < -0.39 is 0 Å². The van der Waals surface area contributed by atoms with Crippen molar-refractivity contribution in [1.82, 2.24) is 20.4 Å². The van der Waals surface area contributed by atoms with Gasteiger partial charge in [0, 0.05) is 19.1 Å². The fourth-order valence-corrected chi connectivity index (χ4v) is 2.77. The molecule has 6 nitrogen and oxygen atoms in total. The van der Waals surface area contributed by atoms with Crippen molar-refractivity contribution >= 4 is 0 Å². The number of aromatic nitrogens is 2. The zero-order valence-corrected chi connectivity index (χ0v) is 11.5. The Morgan fingerprint density at radius 2 is 2.21 bits per heavy atom. The molecule has 0 amide bonds. The van der Waals surface area contributed by atoms with Crippen LogP contribution in [0.1, 0.15) is 43.5 Å². The van der Waals surface area contributed by atoms with Gasteiger partial charge in [0.15, 0.2) is 0 Å². The first kappa shape index (κ1) is 13.0. The van der Waals surface area contributed by atoms with Crippen molar-refractivity contribution < 1.29 is 9.26 Å². The molecule has 2 heterocycles. The Labute approximate surface area is 113 Å². The summed E-state index contributed by atoms with van der Waals surface area (Å²) in [6.07, 6.45) is 5.13. The summed E-state index contributed by atoms with van der Waals surface area (Å²) in [7, 11) is 2.08. The van der Waals surface area contributed by atoms with Gasteiger partial charge in [0.05, 0.1) is 13.2 Å². The SMILES string of the molecule is CN1CCOC(c2noc(CNC3CCCC3)n2)C1. The number of rotatable bonds is 4. The number of likely N-dealkylation sites (N-methyl/N-ethyl adjacent to an activating group) is 1. The van der Waals surface area contributed by atoms with Gasteiger partial charge in [0.2, 0.25) is 11.7 Å². The topological polar surface area (TPSA) is 63.4 Å². The molecule has 1 aromatic rings. The van der Waals surface area contributed by atoms with E-state index in [1.165, 1.54) is 25.7 Å². The fourth-order valence-electron chi connectivity index (χ4n) is 2.77. The minimum Gasteiger partial charge on any atom is -0.367 e. The van der Waals surface area contributed by atoms with Gasteiger partial charge < -0.3 is 19.5 Å². The van der Waals surface area contributed by atoms with E-state index in [-0.39, 0.29) is 6.10 Å². The molecule has 1 saturated carbocycles. The lowest BCUT2D eigenvalue weighted by Crippen LogP contribution is -2.35. The van der Waals surface area contributed by atoms with Crippen molar-refractivity contribution in [2.75, 3.05) is 26.7 Å². The Morgan fingerprint density at radius 1 is 1.37 bits per heavy atom. The predicted molar refractivity (Wildman–Crippen MR) is 69.6 cm³/mol. The minimum absolute atomic E-state index is 0.0530. The summed E-state index contributed by atoms with van der Waals surface area (Å²) >= 11 is 0. The number of hydrogen-bond acceptors (Lipinski definition) is 6. The standard InChI is InChI=1S/C13H22N4O2/c1-17-6-7-18-11(9-17)13-15-12(19-16-13)8-14-10-4-2-3-5-10/h10-11,14H,2-9H2,1H3. The molecule has 6 heteroatoms. The van der Waals surface area contributed by atoms with E-state index in [2.05, 4.69) is 27.4 Å². The van der Waals surface area contributed by atoms with Crippen molar-refractivity contribution in [3.05, 3.63) is 11.7 Å². The number of ether oxygens (including phenoxy) is 1. The largest absolute Gasteiger partial charge is 0.367 e. The normalized spacial score (nSPS) is 26.1. The van der Waals surface area contributed by atoms with Crippen LogP contribution in [0.4, 0.5) is 0 Å². The lowest BCUT2D eigenvalue weighted by atomic mass is 10.2. The second-order valence-electron chi connectivity index (χ2n) is 5.53. The lowest BCUT2D eigenvalue weighted by Gasteiger charge is -2.27. The number of nitrogens with one attached hydrogen (secondary N) is 1. The zero-order valence-electron chi connectivity index (χ0n) is 11.5. The predicted octanol–water partition coefficient (Wildman–Crippen LogP) is 1.10. The maximum atomic E-state index is 5.68. The molecular weight excluding hydrogens is 244 g/mol. The highest BCUT2D eigenvalue weighted by molar-refractivity contribution is 4.94. The third-order valence-electron chi connectivity index (χ3n) is 3.94. The van der Waals surface area contributed by atoms with E-state index in [0.29, 0.717) is 24.3 Å². The maximum Gasteiger partial charge on any atom is 0.240 e. The van der Waals surface area contributed by atoms with Crippen molar-refractivity contribution in [3.63, 3.8) is 0 Å². The Kier molecular flexibility index (Phi) is 4.10. The molecule has 1 aliphatic carbocycles. The van der Waals surface area contributed by atoms with Gasteiger partial charge in [-0.3, -0.25) is 0 Å². The minimum atomic E-state index is -0.0530. The van der Waals surface area contributed by atoms with Gasteiger partial charge in [-0.2, -0.15) is 4.98 Å². The highest BCUT2D eigenvalue weighted by atomic mass is 16.5. The van der Waals surface area contributed by atoms with Gasteiger partial charge in [-0.25, -0.2) is 0 Å². The number of nitrogens with zero attached hydrogens (tertiary/aromatic N) is 3. The van der Waals surface area contributed by atoms with E-state index in [0.717, 1.165) is 19.7 Å². The fraction of sp³-hybridized carbons (Fsp3) is 0.846. The second-order valence-corrected chi connectivity index (χ2v) is 5.53. The summed E-state index contributed by atoms with van der Waals surface area (Å²) in [6.45, 7) is 3.19. The lowest BCUT2D eigenvalue weighted by molar-refractivity contribution is -0.0264. The van der Waals surface area contributed by atoms with Crippen LogP contribution in [0.3, 0.4) is 0 Å². The zero-order chi connectivity index (χ0) is 13.1. The van der Waals surface area contributed by atoms with Crippen molar-refractivity contribution in [2.24, 2.45) is 0 Å². The molecule has 0 aromatic carbocycles. The monoisotopic (exact) mass is 266 g/mol. The van der Waals surface area contributed by atoms with E-state index in [4.69, 9.17) is 9.26 Å². The molecule has 106 valence electrons. The Bertz CT molecular complexity index is 403. The van der Waals surface area contributed by atoms with Crippen LogP contribution < -0.4 is 5.32 Å². The van der Waals surface area contributed by atoms with Crippen LogP contribution in [0.2, 0.25) is 0 Å². The average molecular weight is 266 g/mol. The summed E-state index contributed by atoms with van der Waals surface area (Å²) in [4.78, 5) is 6.66. The van der Waals surface area contributed by atoms with Crippen molar-refractivity contribution in [1.29, 1.82) is 0 Å². The van der Waals surface area contributed by atoms with Crippen LogP contribution >= 0.6 is 0 Å². The number of morpholine rings is 1. The summed E-state index contributed by atoms with van der Waals surface area (Å²) in [6, 6.07) is 0.618. The van der Waals surface area contributed by atoms with Gasteiger partial charge in [-0.05, 0) is 19.9 Å². The van der Waals surface area contributed by atoms with E-state index in [1.54, 1.807) is 0 Å². The Morgan fingerprint density at radius 3 is 3.00 bits per heavy atom. The summed E-state index contributed by atoms with van der Waals surface area (Å²) in [5, 5.41) is 7.52. The van der Waals surface area contributed by atoms with Crippen molar-refractivity contribution in [3.8, 4) is 0 Å². The highest BCUT2D eigenvalue weighted by Crippen LogP contribution is 2.20. The molecule has 1 aromatic heterocycles. The van der Waals surface area contributed by atoms with Crippen molar-refractivity contribution in [2.45, 2.75) is 44.4 Å². The molecule has 2 aliphatic rings. The Balaban J connectivity index is 1.53. The average Bonchev–Trinajstić information content (AvgIpc) is 3.08. The van der Waals surface area contributed by atoms with Crippen LogP contribution in [-0.2, 0) is 11.3 Å². The van der Waals surface area contributed by atoms with Gasteiger partial charge in [-0.1, -0.05) is 18.0 Å². The van der Waals surface area contributed by atoms with Gasteiger partial charge in [-0.15, -0.1) is 0 Å². The summed E-state index contributed by atoms with van der Waals surface area (Å²) in [5.41, 5.74) is 0. The summed E-state index contributed by atoms with van der Waals surface area (Å²) in [5.74, 6) is 1.34.